The average Bonchev–Trinajstić information content (AvgIpc) is 3.10. The van der Waals surface area contributed by atoms with Gasteiger partial charge in [-0.15, -0.1) is 0 Å². The maximum absolute atomic E-state index is 12.4. The van der Waals surface area contributed by atoms with E-state index in [0.29, 0.717) is 12.6 Å². The monoisotopic (exact) mass is 322 g/mol. The Kier molecular flexibility index (Phi) is 5.52. The summed E-state index contributed by atoms with van der Waals surface area (Å²) in [4.78, 5) is 14.8. The number of amides is 1. The number of rotatable bonds is 6. The number of benzene rings is 2. The number of para-hydroxylation sites is 1. The van der Waals surface area contributed by atoms with Gasteiger partial charge in [-0.05, 0) is 49.1 Å². The van der Waals surface area contributed by atoms with Crippen LogP contribution < -0.4 is 10.2 Å². The molecular formula is C21H26N2O. The molecule has 1 amide bonds. The van der Waals surface area contributed by atoms with Crippen LogP contribution in [0.2, 0.25) is 0 Å². The molecule has 3 heteroatoms. The van der Waals surface area contributed by atoms with E-state index in [-0.39, 0.29) is 5.91 Å². The first-order valence-corrected chi connectivity index (χ1v) is 8.96. The number of anilines is 1. The van der Waals surface area contributed by atoms with Crippen LogP contribution in [0.3, 0.4) is 0 Å². The molecule has 1 aliphatic heterocycles. The minimum absolute atomic E-state index is 0.0259. The molecule has 0 saturated carbocycles. The average molecular weight is 322 g/mol. The van der Waals surface area contributed by atoms with E-state index in [9.17, 15) is 4.79 Å². The number of nitrogens with one attached hydrogen (secondary N) is 1. The van der Waals surface area contributed by atoms with E-state index in [1.165, 1.54) is 17.7 Å². The van der Waals surface area contributed by atoms with Crippen molar-refractivity contribution < 1.29 is 4.79 Å². The van der Waals surface area contributed by atoms with Gasteiger partial charge < -0.3 is 10.2 Å². The van der Waals surface area contributed by atoms with Gasteiger partial charge in [0.2, 0.25) is 0 Å². The third-order valence-electron chi connectivity index (χ3n) is 4.72. The van der Waals surface area contributed by atoms with Crippen molar-refractivity contribution in [3.8, 4) is 0 Å². The van der Waals surface area contributed by atoms with Crippen LogP contribution in [0, 0.1) is 0 Å². The molecule has 0 aliphatic carbocycles. The Morgan fingerprint density at radius 1 is 1.12 bits per heavy atom. The second kappa shape index (κ2) is 8.00. The molecule has 3 nitrogen and oxygen atoms in total. The van der Waals surface area contributed by atoms with Crippen LogP contribution in [0.4, 0.5) is 5.69 Å². The van der Waals surface area contributed by atoms with Crippen LogP contribution >= 0.6 is 0 Å². The second-order valence-electron chi connectivity index (χ2n) is 6.48. The summed E-state index contributed by atoms with van der Waals surface area (Å²) in [6.45, 7) is 3.93. The Labute approximate surface area is 144 Å². The van der Waals surface area contributed by atoms with Gasteiger partial charge in [0.1, 0.15) is 0 Å². The van der Waals surface area contributed by atoms with Gasteiger partial charge in [-0.2, -0.15) is 0 Å². The van der Waals surface area contributed by atoms with Crippen molar-refractivity contribution in [3.63, 3.8) is 0 Å². The van der Waals surface area contributed by atoms with Crippen molar-refractivity contribution in [2.45, 2.75) is 38.6 Å². The zero-order valence-electron chi connectivity index (χ0n) is 14.4. The van der Waals surface area contributed by atoms with E-state index in [2.05, 4.69) is 53.5 Å². The third-order valence-corrected chi connectivity index (χ3v) is 4.72. The Morgan fingerprint density at radius 3 is 2.58 bits per heavy atom. The Hall–Kier alpha value is -2.29. The maximum Gasteiger partial charge on any atom is 0.251 e. The highest BCUT2D eigenvalue weighted by Crippen LogP contribution is 2.24. The van der Waals surface area contributed by atoms with Crippen LogP contribution in [0.15, 0.2) is 54.6 Å². The fraction of sp³-hybridized carbons (Fsp3) is 0.381. The van der Waals surface area contributed by atoms with Crippen LogP contribution in [-0.2, 0) is 6.42 Å². The minimum atomic E-state index is 0.0259. The van der Waals surface area contributed by atoms with Crippen LogP contribution in [0.1, 0.15) is 42.1 Å². The molecule has 1 fully saturated rings. The summed E-state index contributed by atoms with van der Waals surface area (Å²) in [7, 11) is 0. The van der Waals surface area contributed by atoms with E-state index in [0.717, 1.165) is 31.4 Å². The second-order valence-corrected chi connectivity index (χ2v) is 6.48. The highest BCUT2D eigenvalue weighted by atomic mass is 16.1. The van der Waals surface area contributed by atoms with Crippen molar-refractivity contribution in [1.82, 2.24) is 5.32 Å². The van der Waals surface area contributed by atoms with E-state index < -0.39 is 0 Å². The molecule has 0 unspecified atom stereocenters. The molecule has 24 heavy (non-hydrogen) atoms. The molecule has 1 heterocycles. The lowest BCUT2D eigenvalue weighted by Crippen LogP contribution is -2.40. The van der Waals surface area contributed by atoms with Gasteiger partial charge in [-0.3, -0.25) is 4.79 Å². The van der Waals surface area contributed by atoms with Gasteiger partial charge in [0, 0.05) is 30.4 Å². The first-order chi connectivity index (χ1) is 11.8. The third kappa shape index (κ3) is 3.97. The SMILES string of the molecule is CCCc1ccc(C(=O)NC[C@H]2CCCN2c2ccccc2)cc1. The highest BCUT2D eigenvalue weighted by molar-refractivity contribution is 5.94. The maximum atomic E-state index is 12.4. The van der Waals surface area contributed by atoms with Gasteiger partial charge in [-0.25, -0.2) is 0 Å². The molecule has 0 bridgehead atoms. The predicted molar refractivity (Wildman–Crippen MR) is 99.6 cm³/mol. The van der Waals surface area contributed by atoms with E-state index >= 15 is 0 Å². The van der Waals surface area contributed by atoms with Crippen LogP contribution in [0.5, 0.6) is 0 Å². The zero-order chi connectivity index (χ0) is 16.8. The Bertz CT molecular complexity index is 651. The number of nitrogens with zero attached hydrogens (tertiary/aromatic N) is 1. The molecule has 1 aliphatic rings. The molecule has 126 valence electrons. The standard InChI is InChI=1S/C21H26N2O/c1-2-7-17-11-13-18(14-12-17)21(24)22-16-20-10-6-15-23(20)19-8-4-3-5-9-19/h3-5,8-9,11-14,20H,2,6-7,10,15-16H2,1H3,(H,22,24)/t20-/m1/s1. The highest BCUT2D eigenvalue weighted by Gasteiger charge is 2.25. The number of carbonyl (C=O) groups excluding carboxylic acids is 1. The van der Waals surface area contributed by atoms with Crippen molar-refractivity contribution in [1.29, 1.82) is 0 Å². The molecule has 0 radical (unpaired) electrons. The molecule has 0 aromatic heterocycles. The molecular weight excluding hydrogens is 296 g/mol. The molecule has 0 spiro atoms. The van der Waals surface area contributed by atoms with Crippen LogP contribution in [-0.4, -0.2) is 25.0 Å². The van der Waals surface area contributed by atoms with E-state index in [1.54, 1.807) is 0 Å². The molecule has 1 N–H and O–H groups in total. The topological polar surface area (TPSA) is 32.3 Å². The van der Waals surface area contributed by atoms with Gasteiger partial charge in [0.15, 0.2) is 0 Å². The van der Waals surface area contributed by atoms with Crippen molar-refractivity contribution in [3.05, 3.63) is 65.7 Å². The molecule has 1 atom stereocenters. The summed E-state index contributed by atoms with van der Waals surface area (Å²) < 4.78 is 0. The fourth-order valence-electron chi connectivity index (χ4n) is 3.43. The van der Waals surface area contributed by atoms with Gasteiger partial charge >= 0.3 is 0 Å². The number of hydrogen-bond acceptors (Lipinski definition) is 2. The van der Waals surface area contributed by atoms with Crippen molar-refractivity contribution in [2.24, 2.45) is 0 Å². The Morgan fingerprint density at radius 2 is 1.88 bits per heavy atom. The van der Waals surface area contributed by atoms with E-state index in [1.807, 2.05) is 18.2 Å². The van der Waals surface area contributed by atoms with Gasteiger partial charge in [-0.1, -0.05) is 43.7 Å². The van der Waals surface area contributed by atoms with Crippen molar-refractivity contribution in [2.75, 3.05) is 18.0 Å². The largest absolute Gasteiger partial charge is 0.367 e. The molecule has 2 aromatic rings. The number of aryl methyl sites for hydroxylation is 1. The smallest absolute Gasteiger partial charge is 0.251 e. The molecule has 1 saturated heterocycles. The van der Waals surface area contributed by atoms with E-state index in [4.69, 9.17) is 0 Å². The summed E-state index contributed by atoms with van der Waals surface area (Å²) >= 11 is 0. The summed E-state index contributed by atoms with van der Waals surface area (Å²) in [5.41, 5.74) is 3.29. The van der Waals surface area contributed by atoms with Crippen molar-refractivity contribution >= 4 is 11.6 Å². The minimum Gasteiger partial charge on any atom is -0.367 e. The quantitative estimate of drug-likeness (QED) is 0.870. The normalized spacial score (nSPS) is 17.0. The summed E-state index contributed by atoms with van der Waals surface area (Å²) in [6, 6.07) is 18.8. The first kappa shape index (κ1) is 16.6. The fourth-order valence-corrected chi connectivity index (χ4v) is 3.43. The number of hydrogen-bond donors (Lipinski definition) is 1. The van der Waals surface area contributed by atoms with Gasteiger partial charge in [0.25, 0.3) is 5.91 Å². The summed E-state index contributed by atoms with van der Waals surface area (Å²) in [5.74, 6) is 0.0259. The lowest BCUT2D eigenvalue weighted by molar-refractivity contribution is 0.0951. The summed E-state index contributed by atoms with van der Waals surface area (Å²) in [6.07, 6.45) is 4.50. The van der Waals surface area contributed by atoms with Gasteiger partial charge in [0.05, 0.1) is 0 Å². The lowest BCUT2D eigenvalue weighted by atomic mass is 10.1. The number of carbonyl (C=O) groups is 1. The first-order valence-electron chi connectivity index (χ1n) is 8.96. The molecule has 3 rings (SSSR count). The van der Waals surface area contributed by atoms with Crippen LogP contribution in [0.25, 0.3) is 0 Å². The predicted octanol–water partition coefficient (Wildman–Crippen LogP) is 4.04. The molecule has 2 aromatic carbocycles. The zero-order valence-corrected chi connectivity index (χ0v) is 14.4. The lowest BCUT2D eigenvalue weighted by Gasteiger charge is -2.27. The summed E-state index contributed by atoms with van der Waals surface area (Å²) in [5, 5.41) is 3.11. The Balaban J connectivity index is 1.57.